The Morgan fingerprint density at radius 1 is 1.21 bits per heavy atom. The summed E-state index contributed by atoms with van der Waals surface area (Å²) in [5.41, 5.74) is 1.05. The number of rotatable bonds is 3. The lowest BCUT2D eigenvalue weighted by Gasteiger charge is -2.54. The summed E-state index contributed by atoms with van der Waals surface area (Å²) in [5, 5.41) is 11.1. The van der Waals surface area contributed by atoms with Crippen molar-refractivity contribution in [2.75, 3.05) is 13.2 Å². The monoisotopic (exact) mass is 402 g/mol. The molecule has 0 aromatic heterocycles. The molecule has 0 amide bonds. The van der Waals surface area contributed by atoms with E-state index in [-0.39, 0.29) is 17.0 Å². The number of Topliss-reactive ketones (excluding diaryl/α,β-unsaturated/α-hetero) is 1. The van der Waals surface area contributed by atoms with Gasteiger partial charge in [-0.15, -0.1) is 0 Å². The molecule has 0 heterocycles. The number of allylic oxidation sites excluding steroid dienone is 4. The minimum atomic E-state index is -1.15. The number of ketones is 2. The van der Waals surface area contributed by atoms with Crippen LogP contribution in [0.5, 0.6) is 0 Å². The normalized spacial score (nSPS) is 40.6. The number of aliphatic hydroxyl groups is 1. The molecule has 4 nitrogen and oxygen atoms in total. The summed E-state index contributed by atoms with van der Waals surface area (Å²) in [6, 6.07) is 0. The van der Waals surface area contributed by atoms with E-state index in [9.17, 15) is 14.7 Å². The summed E-state index contributed by atoms with van der Waals surface area (Å²) in [4.78, 5) is 24.0. The number of carbonyl (C=O) groups excluding carboxylic acids is 2. The average Bonchev–Trinajstić information content (AvgIpc) is 2.96. The number of hydrogen-bond acceptors (Lipinski definition) is 4. The van der Waals surface area contributed by atoms with Gasteiger partial charge in [-0.3, -0.25) is 9.59 Å². The van der Waals surface area contributed by atoms with Gasteiger partial charge in [0.05, 0.1) is 0 Å². The van der Waals surface area contributed by atoms with Gasteiger partial charge in [-0.05, 0) is 95.1 Å². The lowest BCUT2D eigenvalue weighted by Crippen LogP contribution is -2.55. The second kappa shape index (κ2) is 8.47. The van der Waals surface area contributed by atoms with Gasteiger partial charge >= 0.3 is 0 Å². The SMILES string of the molecule is CC(=O)[C@@]1(O)CC[C@H]2[C@@H]3C=C(C)C4=CC(=O)CC[C@@H]4[C@H]3CC[C@@]21C.CCOCC. The molecule has 0 aromatic rings. The molecule has 4 aliphatic rings. The molecule has 2 fully saturated rings. The van der Waals surface area contributed by atoms with E-state index in [4.69, 9.17) is 4.74 Å². The number of ether oxygens (including phenoxy) is 1. The molecule has 0 radical (unpaired) electrons. The predicted octanol–water partition coefficient (Wildman–Crippen LogP) is 4.66. The van der Waals surface area contributed by atoms with Gasteiger partial charge in [-0.2, -0.15) is 0 Å². The number of carbonyl (C=O) groups is 2. The van der Waals surface area contributed by atoms with E-state index >= 15 is 0 Å². The summed E-state index contributed by atoms with van der Waals surface area (Å²) >= 11 is 0. The molecule has 0 spiro atoms. The highest BCUT2D eigenvalue weighted by atomic mass is 16.5. The molecule has 6 atom stereocenters. The maximum absolute atomic E-state index is 12.2. The Balaban J connectivity index is 0.000000431. The van der Waals surface area contributed by atoms with Gasteiger partial charge in [0.2, 0.25) is 0 Å². The Kier molecular flexibility index (Phi) is 6.55. The van der Waals surface area contributed by atoms with Crippen LogP contribution in [0.2, 0.25) is 0 Å². The van der Waals surface area contributed by atoms with Gasteiger partial charge in [-0.25, -0.2) is 0 Å². The van der Waals surface area contributed by atoms with Crippen LogP contribution in [-0.4, -0.2) is 35.5 Å². The van der Waals surface area contributed by atoms with Crippen molar-refractivity contribution in [1.29, 1.82) is 0 Å². The van der Waals surface area contributed by atoms with Crippen molar-refractivity contribution in [2.24, 2.45) is 29.1 Å². The molecule has 0 aliphatic heterocycles. The van der Waals surface area contributed by atoms with E-state index in [0.717, 1.165) is 38.9 Å². The van der Waals surface area contributed by atoms with Crippen molar-refractivity contribution in [3.63, 3.8) is 0 Å². The van der Waals surface area contributed by atoms with Crippen LogP contribution in [0, 0.1) is 29.1 Å². The molecular weight excluding hydrogens is 364 g/mol. The van der Waals surface area contributed by atoms with Crippen LogP contribution in [0.25, 0.3) is 0 Å². The molecule has 162 valence electrons. The fourth-order valence-corrected chi connectivity index (χ4v) is 6.78. The predicted molar refractivity (Wildman–Crippen MR) is 114 cm³/mol. The van der Waals surface area contributed by atoms with Crippen LogP contribution in [0.3, 0.4) is 0 Å². The maximum atomic E-state index is 12.2. The molecule has 0 aromatic carbocycles. The third-order valence-electron chi connectivity index (χ3n) is 8.36. The van der Waals surface area contributed by atoms with Gasteiger partial charge in [0.1, 0.15) is 5.60 Å². The number of hydrogen-bond donors (Lipinski definition) is 1. The van der Waals surface area contributed by atoms with Crippen LogP contribution in [-0.2, 0) is 14.3 Å². The largest absolute Gasteiger partial charge is 0.382 e. The Morgan fingerprint density at radius 2 is 1.90 bits per heavy atom. The fourth-order valence-electron chi connectivity index (χ4n) is 6.78. The minimum Gasteiger partial charge on any atom is -0.382 e. The molecule has 0 saturated heterocycles. The van der Waals surface area contributed by atoms with Crippen LogP contribution in [0.1, 0.15) is 73.1 Å². The first-order valence-corrected chi connectivity index (χ1v) is 11.4. The van der Waals surface area contributed by atoms with E-state index in [1.165, 1.54) is 11.1 Å². The highest BCUT2D eigenvalue weighted by Gasteiger charge is 2.63. The van der Waals surface area contributed by atoms with Crippen molar-refractivity contribution < 1.29 is 19.4 Å². The molecule has 29 heavy (non-hydrogen) atoms. The molecule has 1 N–H and O–H groups in total. The highest BCUT2D eigenvalue weighted by Crippen LogP contribution is 2.64. The second-order valence-electron chi connectivity index (χ2n) is 9.60. The average molecular weight is 403 g/mol. The molecular formula is C25H38O4. The zero-order chi connectivity index (χ0) is 21.4. The topological polar surface area (TPSA) is 63.6 Å². The van der Waals surface area contributed by atoms with Crippen LogP contribution in [0.15, 0.2) is 23.3 Å². The first-order valence-electron chi connectivity index (χ1n) is 11.4. The van der Waals surface area contributed by atoms with E-state index in [1.54, 1.807) is 6.92 Å². The van der Waals surface area contributed by atoms with E-state index in [1.807, 2.05) is 19.9 Å². The van der Waals surface area contributed by atoms with Gasteiger partial charge in [0.25, 0.3) is 0 Å². The Labute approximate surface area is 175 Å². The summed E-state index contributed by atoms with van der Waals surface area (Å²) in [5.74, 6) is 2.08. The Hall–Kier alpha value is -1.26. The van der Waals surface area contributed by atoms with Crippen molar-refractivity contribution in [3.8, 4) is 0 Å². The first-order chi connectivity index (χ1) is 13.7. The van der Waals surface area contributed by atoms with Gasteiger partial charge < -0.3 is 9.84 Å². The zero-order valence-electron chi connectivity index (χ0n) is 18.8. The van der Waals surface area contributed by atoms with E-state index < -0.39 is 5.60 Å². The van der Waals surface area contributed by atoms with Crippen LogP contribution in [0.4, 0.5) is 0 Å². The molecule has 2 saturated carbocycles. The van der Waals surface area contributed by atoms with Crippen LogP contribution >= 0.6 is 0 Å². The Bertz CT molecular complexity index is 718. The van der Waals surface area contributed by atoms with Crippen LogP contribution < -0.4 is 0 Å². The minimum absolute atomic E-state index is 0.0636. The summed E-state index contributed by atoms with van der Waals surface area (Å²) in [6.07, 6.45) is 9.38. The van der Waals surface area contributed by atoms with Gasteiger partial charge in [-0.1, -0.05) is 18.6 Å². The standard InChI is InChI=1S/C21H28O3.C4H10O/c1-12-10-18-16(15-5-4-14(23)11-17(12)15)6-8-20(3)19(18)7-9-21(20,24)13(2)22;1-3-5-4-2/h10-11,15-16,18-19,24H,4-9H2,1-3H3;3-4H2,1-2H3/t15-,16-,18-,19+,20+,21+;/m1./s1. The smallest absolute Gasteiger partial charge is 0.161 e. The lowest BCUT2D eigenvalue weighted by atomic mass is 9.51. The third-order valence-corrected chi connectivity index (χ3v) is 8.36. The fraction of sp³-hybridized carbons (Fsp3) is 0.760. The zero-order valence-corrected chi connectivity index (χ0v) is 18.8. The summed E-state index contributed by atoms with van der Waals surface area (Å²) in [7, 11) is 0. The van der Waals surface area contributed by atoms with Crippen molar-refractivity contribution in [2.45, 2.75) is 78.7 Å². The highest BCUT2D eigenvalue weighted by molar-refractivity contribution is 5.92. The molecule has 4 heteroatoms. The Morgan fingerprint density at radius 3 is 2.48 bits per heavy atom. The number of fused-ring (bicyclic) bond motifs is 5. The second-order valence-corrected chi connectivity index (χ2v) is 9.60. The van der Waals surface area contributed by atoms with Gasteiger partial charge in [0.15, 0.2) is 11.6 Å². The maximum Gasteiger partial charge on any atom is 0.161 e. The van der Waals surface area contributed by atoms with Crippen molar-refractivity contribution in [1.82, 2.24) is 0 Å². The summed E-state index contributed by atoms with van der Waals surface area (Å²) in [6.45, 7) is 11.5. The van der Waals surface area contributed by atoms with Crippen molar-refractivity contribution in [3.05, 3.63) is 23.3 Å². The van der Waals surface area contributed by atoms with E-state index in [0.29, 0.717) is 36.5 Å². The molecule has 0 bridgehead atoms. The molecule has 0 unspecified atom stereocenters. The first kappa shape index (κ1) is 22.4. The van der Waals surface area contributed by atoms with E-state index in [2.05, 4.69) is 19.9 Å². The quantitative estimate of drug-likeness (QED) is 0.746. The third kappa shape index (κ3) is 3.67. The molecule has 4 aliphatic carbocycles. The summed E-state index contributed by atoms with van der Waals surface area (Å²) < 4.78 is 4.83. The lowest BCUT2D eigenvalue weighted by molar-refractivity contribution is -0.155. The molecule has 4 rings (SSSR count). The van der Waals surface area contributed by atoms with Crippen molar-refractivity contribution >= 4 is 11.6 Å². The van der Waals surface area contributed by atoms with Gasteiger partial charge in [0, 0.05) is 25.0 Å².